The van der Waals surface area contributed by atoms with E-state index in [9.17, 15) is 4.79 Å². The Bertz CT molecular complexity index is 245. The van der Waals surface area contributed by atoms with Crippen molar-refractivity contribution in [2.75, 3.05) is 19.6 Å². The van der Waals surface area contributed by atoms with Gasteiger partial charge in [0.2, 0.25) is 0 Å². The molecule has 1 rings (SSSR count). The van der Waals surface area contributed by atoms with Gasteiger partial charge in [-0.05, 0) is 32.2 Å². The van der Waals surface area contributed by atoms with Gasteiger partial charge in [0.15, 0.2) is 0 Å². The van der Waals surface area contributed by atoms with Crippen LogP contribution < -0.4 is 11.1 Å². The van der Waals surface area contributed by atoms with Crippen LogP contribution in [0.15, 0.2) is 0 Å². The van der Waals surface area contributed by atoms with Gasteiger partial charge >= 0.3 is 6.03 Å². The van der Waals surface area contributed by atoms with Crippen LogP contribution in [0.3, 0.4) is 0 Å². The number of hydrogen-bond acceptors (Lipinski definition) is 2. The summed E-state index contributed by atoms with van der Waals surface area (Å²) < 4.78 is 0. The molecular weight excluding hydrogens is 190 g/mol. The first-order chi connectivity index (χ1) is 7.29. The van der Waals surface area contributed by atoms with Crippen LogP contribution in [0.5, 0.6) is 0 Å². The minimum absolute atomic E-state index is 0.0499. The zero-order valence-electron chi connectivity index (χ0n) is 9.04. The normalized spacial score (nSPS) is 20.8. The molecule has 0 aromatic heterocycles. The Kier molecular flexibility index (Phi) is 4.99. The molecular formula is C11H19N3O. The molecule has 0 bridgehead atoms. The van der Waals surface area contributed by atoms with Gasteiger partial charge in [-0.15, -0.1) is 6.42 Å². The maximum Gasteiger partial charge on any atom is 0.318 e. The van der Waals surface area contributed by atoms with Crippen molar-refractivity contribution in [2.45, 2.75) is 31.7 Å². The fraction of sp³-hybridized carbons (Fsp3) is 0.727. The monoisotopic (exact) mass is 209 g/mol. The molecule has 1 heterocycles. The second-order valence-electron chi connectivity index (χ2n) is 3.78. The third kappa shape index (κ3) is 3.45. The van der Waals surface area contributed by atoms with Crippen molar-refractivity contribution < 1.29 is 4.79 Å². The molecule has 2 amide bonds. The van der Waals surface area contributed by atoms with E-state index in [4.69, 9.17) is 12.2 Å². The third-order valence-electron chi connectivity index (χ3n) is 2.73. The van der Waals surface area contributed by atoms with Gasteiger partial charge < -0.3 is 16.0 Å². The Hall–Kier alpha value is -1.21. The highest BCUT2D eigenvalue weighted by Crippen LogP contribution is 2.18. The van der Waals surface area contributed by atoms with Crippen LogP contribution >= 0.6 is 0 Å². The maximum absolute atomic E-state index is 11.7. The predicted octanol–water partition coefficient (Wildman–Crippen LogP) is 0.533. The molecule has 1 saturated heterocycles. The van der Waals surface area contributed by atoms with Crippen LogP contribution in [0.25, 0.3) is 0 Å². The van der Waals surface area contributed by atoms with E-state index in [-0.39, 0.29) is 6.03 Å². The number of carbonyl (C=O) groups is 1. The predicted molar refractivity (Wildman–Crippen MR) is 60.2 cm³/mol. The number of carbonyl (C=O) groups excluding carboxylic acids is 1. The minimum atomic E-state index is -0.0499. The number of terminal acetylenes is 1. The Balaban J connectivity index is 2.48. The molecule has 15 heavy (non-hydrogen) atoms. The van der Waals surface area contributed by atoms with E-state index < -0.39 is 0 Å². The van der Waals surface area contributed by atoms with Crippen LogP contribution in [0.2, 0.25) is 0 Å². The summed E-state index contributed by atoms with van der Waals surface area (Å²) in [6, 6.07) is 0.243. The van der Waals surface area contributed by atoms with Crippen molar-refractivity contribution >= 4 is 6.03 Å². The largest absolute Gasteiger partial charge is 0.330 e. The molecule has 4 heteroatoms. The second-order valence-corrected chi connectivity index (χ2v) is 3.78. The molecule has 0 saturated carbocycles. The number of rotatable bonds is 3. The van der Waals surface area contributed by atoms with Gasteiger partial charge in [-0.2, -0.15) is 0 Å². The van der Waals surface area contributed by atoms with Crippen LogP contribution in [-0.2, 0) is 0 Å². The van der Waals surface area contributed by atoms with Crippen molar-refractivity contribution in [3.63, 3.8) is 0 Å². The standard InChI is InChI=1S/C11H19N3O/c1-2-8-13-11(15)14-9-4-3-5-10(14)6-7-12/h1,10H,3-9,12H2,(H,13,15). The Morgan fingerprint density at radius 1 is 1.60 bits per heavy atom. The number of nitrogens with one attached hydrogen (secondary N) is 1. The van der Waals surface area contributed by atoms with Gasteiger partial charge in [0.05, 0.1) is 6.54 Å². The Morgan fingerprint density at radius 3 is 3.07 bits per heavy atom. The fourth-order valence-electron chi connectivity index (χ4n) is 1.99. The van der Waals surface area contributed by atoms with E-state index >= 15 is 0 Å². The molecule has 3 N–H and O–H groups in total. The molecule has 1 fully saturated rings. The van der Waals surface area contributed by atoms with E-state index in [1.165, 1.54) is 6.42 Å². The average Bonchev–Trinajstić information content (AvgIpc) is 2.27. The van der Waals surface area contributed by atoms with Crippen molar-refractivity contribution in [1.29, 1.82) is 0 Å². The number of hydrogen-bond donors (Lipinski definition) is 2. The highest BCUT2D eigenvalue weighted by molar-refractivity contribution is 5.74. The minimum Gasteiger partial charge on any atom is -0.330 e. The summed E-state index contributed by atoms with van der Waals surface area (Å²) in [4.78, 5) is 13.6. The summed E-state index contributed by atoms with van der Waals surface area (Å²) in [6.07, 6.45) is 9.29. The number of urea groups is 1. The topological polar surface area (TPSA) is 58.4 Å². The summed E-state index contributed by atoms with van der Waals surface area (Å²) in [7, 11) is 0. The van der Waals surface area contributed by atoms with Crippen LogP contribution in [0, 0.1) is 12.3 Å². The fourth-order valence-corrected chi connectivity index (χ4v) is 1.99. The summed E-state index contributed by atoms with van der Waals surface area (Å²) >= 11 is 0. The molecule has 0 spiro atoms. The molecule has 4 nitrogen and oxygen atoms in total. The van der Waals surface area contributed by atoms with Gasteiger partial charge in [0.25, 0.3) is 0 Å². The molecule has 0 radical (unpaired) electrons. The van der Waals surface area contributed by atoms with Gasteiger partial charge in [0.1, 0.15) is 0 Å². The van der Waals surface area contributed by atoms with Crippen molar-refractivity contribution in [3.8, 4) is 12.3 Å². The van der Waals surface area contributed by atoms with Crippen LogP contribution in [-0.4, -0.2) is 36.6 Å². The smallest absolute Gasteiger partial charge is 0.318 e. The van der Waals surface area contributed by atoms with E-state index in [1.807, 2.05) is 4.90 Å². The lowest BCUT2D eigenvalue weighted by Gasteiger charge is -2.35. The van der Waals surface area contributed by atoms with Crippen LogP contribution in [0.1, 0.15) is 25.7 Å². The quantitative estimate of drug-likeness (QED) is 0.666. The summed E-state index contributed by atoms with van der Waals surface area (Å²) in [6.45, 7) is 1.75. The van der Waals surface area contributed by atoms with Crippen LogP contribution in [0.4, 0.5) is 4.79 Å². The number of nitrogens with zero attached hydrogens (tertiary/aromatic N) is 1. The highest BCUT2D eigenvalue weighted by atomic mass is 16.2. The number of likely N-dealkylation sites (tertiary alicyclic amines) is 1. The molecule has 0 aliphatic carbocycles. The molecule has 84 valence electrons. The lowest BCUT2D eigenvalue weighted by Crippen LogP contribution is -2.49. The summed E-state index contributed by atoms with van der Waals surface area (Å²) in [5.74, 6) is 2.40. The Labute approximate surface area is 91.2 Å². The molecule has 1 unspecified atom stereocenters. The second kappa shape index (κ2) is 6.31. The zero-order valence-corrected chi connectivity index (χ0v) is 9.04. The van der Waals surface area contributed by atoms with E-state index in [0.717, 1.165) is 25.8 Å². The maximum atomic E-state index is 11.7. The molecule has 0 aromatic carbocycles. The van der Waals surface area contributed by atoms with Gasteiger partial charge in [-0.1, -0.05) is 5.92 Å². The molecule has 0 aromatic rings. The molecule has 1 atom stereocenters. The summed E-state index contributed by atoms with van der Waals surface area (Å²) in [5, 5.41) is 2.70. The van der Waals surface area contributed by atoms with E-state index in [0.29, 0.717) is 19.1 Å². The first-order valence-corrected chi connectivity index (χ1v) is 5.47. The number of piperidine rings is 1. The van der Waals surface area contributed by atoms with Gasteiger partial charge in [0, 0.05) is 12.6 Å². The number of nitrogens with two attached hydrogens (primary N) is 1. The average molecular weight is 209 g/mol. The first-order valence-electron chi connectivity index (χ1n) is 5.47. The molecule has 1 aliphatic heterocycles. The lowest BCUT2D eigenvalue weighted by atomic mass is 10.00. The van der Waals surface area contributed by atoms with Crippen molar-refractivity contribution in [3.05, 3.63) is 0 Å². The van der Waals surface area contributed by atoms with Crippen molar-refractivity contribution in [1.82, 2.24) is 10.2 Å². The SMILES string of the molecule is C#CCNC(=O)N1CCCCC1CCN. The van der Waals surface area contributed by atoms with Crippen molar-refractivity contribution in [2.24, 2.45) is 5.73 Å². The van der Waals surface area contributed by atoms with E-state index in [1.54, 1.807) is 0 Å². The zero-order chi connectivity index (χ0) is 11.1. The summed E-state index contributed by atoms with van der Waals surface area (Å²) in [5.41, 5.74) is 5.53. The highest BCUT2D eigenvalue weighted by Gasteiger charge is 2.25. The molecule has 1 aliphatic rings. The van der Waals surface area contributed by atoms with E-state index in [2.05, 4.69) is 11.2 Å². The van der Waals surface area contributed by atoms with Gasteiger partial charge in [-0.3, -0.25) is 0 Å². The van der Waals surface area contributed by atoms with Gasteiger partial charge in [-0.25, -0.2) is 4.79 Å². The Morgan fingerprint density at radius 2 is 2.40 bits per heavy atom. The first kappa shape index (κ1) is 11.9. The number of amides is 2. The third-order valence-corrected chi connectivity index (χ3v) is 2.73. The lowest BCUT2D eigenvalue weighted by molar-refractivity contribution is 0.148.